The summed E-state index contributed by atoms with van der Waals surface area (Å²) in [6.45, 7) is 4.15. The highest BCUT2D eigenvalue weighted by Gasteiger charge is 2.51. The number of nitrogens with zero attached hydrogens (tertiary/aromatic N) is 2. The summed E-state index contributed by atoms with van der Waals surface area (Å²) in [4.78, 5) is 16.9. The Bertz CT molecular complexity index is 558. The molecule has 0 saturated carbocycles. The molecule has 0 radical (unpaired) electrons. The van der Waals surface area contributed by atoms with Crippen molar-refractivity contribution in [3.05, 3.63) is 29.8 Å². The van der Waals surface area contributed by atoms with E-state index < -0.39 is 0 Å². The normalized spacial score (nSPS) is 26.6. The summed E-state index contributed by atoms with van der Waals surface area (Å²) in [7, 11) is 5.83. The molecule has 5 heteroatoms. The minimum atomic E-state index is 0.110. The van der Waals surface area contributed by atoms with E-state index in [-0.39, 0.29) is 11.3 Å². The molecule has 1 amide bonds. The van der Waals surface area contributed by atoms with Crippen molar-refractivity contribution in [2.75, 3.05) is 54.1 Å². The molecule has 0 aromatic heterocycles. The van der Waals surface area contributed by atoms with E-state index >= 15 is 0 Å². The van der Waals surface area contributed by atoms with Gasteiger partial charge in [0.1, 0.15) is 5.75 Å². The van der Waals surface area contributed by atoms with Crippen molar-refractivity contribution in [3.8, 4) is 5.75 Å². The Kier molecular flexibility index (Phi) is 4.60. The van der Waals surface area contributed by atoms with Crippen molar-refractivity contribution in [3.63, 3.8) is 0 Å². The summed E-state index contributed by atoms with van der Waals surface area (Å²) >= 11 is 0. The lowest BCUT2D eigenvalue weighted by Gasteiger charge is -2.30. The lowest BCUT2D eigenvalue weighted by molar-refractivity contribution is -0.130. The van der Waals surface area contributed by atoms with Crippen LogP contribution in [0.15, 0.2) is 24.3 Å². The average Bonchev–Trinajstić information content (AvgIpc) is 3.03. The number of benzene rings is 1. The molecule has 3 rings (SSSR count). The van der Waals surface area contributed by atoms with Crippen LogP contribution in [0.25, 0.3) is 0 Å². The van der Waals surface area contributed by atoms with Crippen LogP contribution in [-0.4, -0.2) is 69.8 Å². The highest BCUT2D eigenvalue weighted by molar-refractivity contribution is 5.79. The zero-order chi connectivity index (χ0) is 16.4. The van der Waals surface area contributed by atoms with Gasteiger partial charge in [-0.2, -0.15) is 0 Å². The minimum absolute atomic E-state index is 0.110. The van der Waals surface area contributed by atoms with Crippen LogP contribution in [0.2, 0.25) is 0 Å². The molecule has 0 N–H and O–H groups in total. The van der Waals surface area contributed by atoms with Crippen molar-refractivity contribution in [1.82, 2.24) is 9.80 Å². The molecule has 2 fully saturated rings. The van der Waals surface area contributed by atoms with Gasteiger partial charge in [0.15, 0.2) is 0 Å². The lowest BCUT2D eigenvalue weighted by atomic mass is 9.81. The quantitative estimate of drug-likeness (QED) is 0.820. The molecule has 2 heterocycles. The zero-order valence-corrected chi connectivity index (χ0v) is 14.2. The van der Waals surface area contributed by atoms with Gasteiger partial charge in [-0.15, -0.1) is 0 Å². The van der Waals surface area contributed by atoms with Crippen molar-refractivity contribution in [2.45, 2.75) is 6.42 Å². The van der Waals surface area contributed by atoms with Crippen molar-refractivity contribution in [2.24, 2.45) is 11.3 Å². The summed E-state index contributed by atoms with van der Waals surface area (Å²) in [6, 6.07) is 7.74. The molecule has 0 aliphatic carbocycles. The van der Waals surface area contributed by atoms with Gasteiger partial charge in [0.05, 0.1) is 26.7 Å². The molecule has 2 aliphatic heterocycles. The number of amides is 1. The second-order valence-corrected chi connectivity index (χ2v) is 7.11. The first kappa shape index (κ1) is 16.3. The average molecular weight is 318 g/mol. The number of methoxy groups -OCH3 is 1. The maximum absolute atomic E-state index is 12.7. The Balaban J connectivity index is 1.64. The second-order valence-electron chi connectivity index (χ2n) is 7.11. The van der Waals surface area contributed by atoms with Gasteiger partial charge in [-0.3, -0.25) is 4.79 Å². The fraction of sp³-hybridized carbons (Fsp3) is 0.611. The standard InChI is InChI=1S/C18H26N2O3/c1-19(2)11-18-12-20(9-15(18)10-23-13-18)17(21)8-14-4-6-16(22-3)7-5-14/h4-7,15H,8-13H2,1-3H3/t15-,18+/m1/s1. The first-order valence-corrected chi connectivity index (χ1v) is 8.15. The number of ether oxygens (including phenoxy) is 2. The van der Waals surface area contributed by atoms with Gasteiger partial charge in [0, 0.05) is 31.0 Å². The molecule has 1 aromatic carbocycles. The molecular formula is C18H26N2O3. The van der Waals surface area contributed by atoms with E-state index in [1.807, 2.05) is 29.2 Å². The number of likely N-dealkylation sites (tertiary alicyclic amines) is 1. The Hall–Kier alpha value is -1.59. The molecule has 2 atom stereocenters. The predicted molar refractivity (Wildman–Crippen MR) is 88.6 cm³/mol. The minimum Gasteiger partial charge on any atom is -0.497 e. The van der Waals surface area contributed by atoms with Crippen LogP contribution >= 0.6 is 0 Å². The van der Waals surface area contributed by atoms with Crippen LogP contribution < -0.4 is 4.74 Å². The smallest absolute Gasteiger partial charge is 0.227 e. The third-order valence-electron chi connectivity index (χ3n) is 5.02. The third kappa shape index (κ3) is 3.35. The molecular weight excluding hydrogens is 292 g/mol. The Labute approximate surface area is 138 Å². The van der Waals surface area contributed by atoms with E-state index in [4.69, 9.17) is 9.47 Å². The maximum atomic E-state index is 12.7. The summed E-state index contributed by atoms with van der Waals surface area (Å²) in [6.07, 6.45) is 0.454. The zero-order valence-electron chi connectivity index (χ0n) is 14.2. The molecule has 2 aliphatic rings. The van der Waals surface area contributed by atoms with Crippen LogP contribution in [0.1, 0.15) is 5.56 Å². The van der Waals surface area contributed by atoms with Crippen LogP contribution in [0.4, 0.5) is 0 Å². The summed E-state index contributed by atoms with van der Waals surface area (Å²) < 4.78 is 10.9. The van der Waals surface area contributed by atoms with Gasteiger partial charge in [-0.05, 0) is 31.8 Å². The number of fused-ring (bicyclic) bond motifs is 1. The molecule has 0 bridgehead atoms. The SMILES string of the molecule is COc1ccc(CC(=O)N2C[C@@H]3COC[C@]3(CN(C)C)C2)cc1. The van der Waals surface area contributed by atoms with E-state index in [9.17, 15) is 4.79 Å². The van der Waals surface area contributed by atoms with Gasteiger partial charge in [-0.25, -0.2) is 0 Å². The first-order chi connectivity index (χ1) is 11.0. The van der Waals surface area contributed by atoms with Crippen LogP contribution in [0, 0.1) is 11.3 Å². The van der Waals surface area contributed by atoms with Gasteiger partial charge < -0.3 is 19.3 Å². The maximum Gasteiger partial charge on any atom is 0.227 e. The van der Waals surface area contributed by atoms with Crippen LogP contribution in [-0.2, 0) is 16.0 Å². The van der Waals surface area contributed by atoms with E-state index in [2.05, 4.69) is 19.0 Å². The van der Waals surface area contributed by atoms with Crippen LogP contribution in [0.5, 0.6) is 5.75 Å². The van der Waals surface area contributed by atoms with Crippen LogP contribution in [0.3, 0.4) is 0 Å². The summed E-state index contributed by atoms with van der Waals surface area (Å²) in [5, 5.41) is 0. The Morgan fingerprint density at radius 3 is 2.78 bits per heavy atom. The molecule has 1 aromatic rings. The molecule has 0 unspecified atom stereocenters. The van der Waals surface area contributed by atoms with Crippen molar-refractivity contribution < 1.29 is 14.3 Å². The molecule has 23 heavy (non-hydrogen) atoms. The predicted octanol–water partition coefficient (Wildman–Crippen LogP) is 1.27. The topological polar surface area (TPSA) is 42.0 Å². The fourth-order valence-corrected chi connectivity index (χ4v) is 3.91. The van der Waals surface area contributed by atoms with E-state index in [0.717, 1.165) is 44.2 Å². The highest BCUT2D eigenvalue weighted by Crippen LogP contribution is 2.41. The van der Waals surface area contributed by atoms with Gasteiger partial charge in [0.2, 0.25) is 5.91 Å². The first-order valence-electron chi connectivity index (χ1n) is 8.15. The van der Waals surface area contributed by atoms with Gasteiger partial charge in [0.25, 0.3) is 0 Å². The van der Waals surface area contributed by atoms with E-state index in [0.29, 0.717) is 12.3 Å². The lowest BCUT2D eigenvalue weighted by Crippen LogP contribution is -2.41. The third-order valence-corrected chi connectivity index (χ3v) is 5.02. The largest absolute Gasteiger partial charge is 0.497 e. The number of hydrogen-bond donors (Lipinski definition) is 0. The fourth-order valence-electron chi connectivity index (χ4n) is 3.91. The van der Waals surface area contributed by atoms with Gasteiger partial charge >= 0.3 is 0 Å². The second kappa shape index (κ2) is 6.49. The molecule has 0 spiro atoms. The molecule has 5 nitrogen and oxygen atoms in total. The van der Waals surface area contributed by atoms with E-state index in [1.165, 1.54) is 0 Å². The monoisotopic (exact) mass is 318 g/mol. The molecule has 2 saturated heterocycles. The van der Waals surface area contributed by atoms with Crippen molar-refractivity contribution >= 4 is 5.91 Å². The van der Waals surface area contributed by atoms with Gasteiger partial charge in [-0.1, -0.05) is 12.1 Å². The number of rotatable bonds is 5. The van der Waals surface area contributed by atoms with E-state index in [1.54, 1.807) is 7.11 Å². The highest BCUT2D eigenvalue weighted by atomic mass is 16.5. The number of hydrogen-bond acceptors (Lipinski definition) is 4. The van der Waals surface area contributed by atoms with Crippen molar-refractivity contribution in [1.29, 1.82) is 0 Å². The molecule has 126 valence electrons. The Morgan fingerprint density at radius 2 is 2.13 bits per heavy atom. The Morgan fingerprint density at radius 1 is 1.39 bits per heavy atom. The summed E-state index contributed by atoms with van der Waals surface area (Å²) in [5.41, 5.74) is 1.14. The number of carbonyl (C=O) groups excluding carboxylic acids is 1. The summed E-state index contributed by atoms with van der Waals surface area (Å²) in [5.74, 6) is 1.49. The number of carbonyl (C=O) groups is 1.